The average Bonchev–Trinajstić information content (AvgIpc) is 3.28. The van der Waals surface area contributed by atoms with Crippen molar-refractivity contribution >= 4 is 52.1 Å². The molecular weight excluding hydrogens is 575 g/mol. The Morgan fingerprint density at radius 2 is 1.76 bits per heavy atom. The molecule has 41 heavy (non-hydrogen) atoms. The molecule has 1 saturated heterocycles. The summed E-state index contributed by atoms with van der Waals surface area (Å²) in [7, 11) is 1.63. The van der Waals surface area contributed by atoms with E-state index in [0.717, 1.165) is 47.5 Å². The maximum absolute atomic E-state index is 13.9. The number of ether oxygens (including phenoxy) is 2. The van der Waals surface area contributed by atoms with E-state index in [0.29, 0.717) is 45.5 Å². The third-order valence-electron chi connectivity index (χ3n) is 8.05. The van der Waals surface area contributed by atoms with E-state index in [2.05, 4.69) is 12.6 Å². The summed E-state index contributed by atoms with van der Waals surface area (Å²) in [5.41, 5.74) is 2.72. The Balaban J connectivity index is 1.44. The van der Waals surface area contributed by atoms with Crippen LogP contribution in [-0.4, -0.2) is 35.2 Å². The SMILES string of the molecule is C=CCc1cc(C=C2SC(=NC3CCCCC3)N(C3CCCCC3)C2=O)cc(OC)c1OCc1ccc(Cl)c(Cl)c1. The summed E-state index contributed by atoms with van der Waals surface area (Å²) in [5.74, 6) is 1.32. The molecular formula is C33H38Cl2N2O3S. The van der Waals surface area contributed by atoms with Gasteiger partial charge in [0.2, 0.25) is 0 Å². The van der Waals surface area contributed by atoms with E-state index in [4.69, 9.17) is 37.7 Å². The second-order valence-electron chi connectivity index (χ2n) is 11.0. The highest BCUT2D eigenvalue weighted by Gasteiger charge is 2.39. The Bertz CT molecular complexity index is 1330. The van der Waals surface area contributed by atoms with Gasteiger partial charge in [-0.1, -0.05) is 73.9 Å². The van der Waals surface area contributed by atoms with Gasteiger partial charge in [-0.2, -0.15) is 0 Å². The van der Waals surface area contributed by atoms with E-state index < -0.39 is 0 Å². The number of hydrogen-bond acceptors (Lipinski definition) is 5. The van der Waals surface area contributed by atoms with Crippen LogP contribution >= 0.6 is 35.0 Å². The summed E-state index contributed by atoms with van der Waals surface area (Å²) in [6.07, 6.45) is 16.0. The average molecular weight is 614 g/mol. The van der Waals surface area contributed by atoms with Crippen LogP contribution in [0.15, 0.2) is 52.9 Å². The van der Waals surface area contributed by atoms with E-state index in [1.165, 1.54) is 50.3 Å². The van der Waals surface area contributed by atoms with E-state index >= 15 is 0 Å². The molecule has 3 aliphatic rings. The van der Waals surface area contributed by atoms with Crippen molar-refractivity contribution in [2.45, 2.75) is 89.3 Å². The Kier molecular flexibility index (Phi) is 10.4. The minimum atomic E-state index is 0.0700. The zero-order valence-electron chi connectivity index (χ0n) is 23.7. The molecule has 1 amide bonds. The molecule has 218 valence electrons. The number of methoxy groups -OCH3 is 1. The highest BCUT2D eigenvalue weighted by molar-refractivity contribution is 8.18. The first-order valence-electron chi connectivity index (χ1n) is 14.7. The number of carbonyl (C=O) groups excluding carboxylic acids is 1. The van der Waals surface area contributed by atoms with Crippen molar-refractivity contribution in [3.05, 3.63) is 74.6 Å². The van der Waals surface area contributed by atoms with Crippen molar-refractivity contribution in [2.75, 3.05) is 7.11 Å². The number of amidine groups is 1. The van der Waals surface area contributed by atoms with Gasteiger partial charge in [-0.25, -0.2) is 0 Å². The Hall–Kier alpha value is -2.41. The molecule has 8 heteroatoms. The molecule has 3 fully saturated rings. The number of rotatable bonds is 9. The number of halogens is 2. The van der Waals surface area contributed by atoms with Crippen LogP contribution in [0.5, 0.6) is 11.5 Å². The standard InChI is InChI=1S/C33H38Cl2N2O3S/c1-3-10-24-17-23(19-29(39-2)31(24)40-21-22-15-16-27(34)28(35)18-22)20-30-32(38)37(26-13-8-5-9-14-26)33(41-30)36-25-11-6-4-7-12-25/h3,15-20,25-26H,1,4-14,21H2,2H3. The lowest BCUT2D eigenvalue weighted by Gasteiger charge is -2.31. The van der Waals surface area contributed by atoms with Crippen LogP contribution in [-0.2, 0) is 17.8 Å². The second-order valence-corrected chi connectivity index (χ2v) is 12.8. The molecule has 5 nitrogen and oxygen atoms in total. The largest absolute Gasteiger partial charge is 0.493 e. The van der Waals surface area contributed by atoms with Gasteiger partial charge in [-0.15, -0.1) is 6.58 Å². The molecule has 0 unspecified atom stereocenters. The topological polar surface area (TPSA) is 51.1 Å². The molecule has 2 aromatic rings. The monoisotopic (exact) mass is 612 g/mol. The highest BCUT2D eigenvalue weighted by Crippen LogP contribution is 2.40. The lowest BCUT2D eigenvalue weighted by Crippen LogP contribution is -2.41. The third kappa shape index (κ3) is 7.33. The van der Waals surface area contributed by atoms with Crippen LogP contribution in [0.25, 0.3) is 6.08 Å². The van der Waals surface area contributed by atoms with Crippen LogP contribution in [0.4, 0.5) is 0 Å². The number of amides is 1. The van der Waals surface area contributed by atoms with Crippen molar-refractivity contribution in [2.24, 2.45) is 4.99 Å². The molecule has 2 aromatic carbocycles. The van der Waals surface area contributed by atoms with E-state index in [1.54, 1.807) is 19.2 Å². The minimum absolute atomic E-state index is 0.0700. The summed E-state index contributed by atoms with van der Waals surface area (Å²) < 4.78 is 12.0. The van der Waals surface area contributed by atoms with Gasteiger partial charge >= 0.3 is 0 Å². The number of aliphatic imine (C=N–C) groups is 1. The third-order valence-corrected chi connectivity index (χ3v) is 9.78. The fraction of sp³-hybridized carbons (Fsp3) is 0.455. The van der Waals surface area contributed by atoms with Crippen molar-refractivity contribution < 1.29 is 14.3 Å². The van der Waals surface area contributed by atoms with Crippen LogP contribution in [0.1, 0.15) is 80.9 Å². The molecule has 2 saturated carbocycles. The molecule has 0 spiro atoms. The fourth-order valence-corrected chi connectivity index (χ4v) is 7.36. The highest BCUT2D eigenvalue weighted by atomic mass is 35.5. The molecule has 5 rings (SSSR count). The number of carbonyl (C=O) groups is 1. The molecule has 0 atom stereocenters. The van der Waals surface area contributed by atoms with Gasteiger partial charge in [-0.3, -0.25) is 14.7 Å². The van der Waals surface area contributed by atoms with Crippen molar-refractivity contribution in [1.82, 2.24) is 4.90 Å². The zero-order chi connectivity index (χ0) is 28.8. The molecule has 0 radical (unpaired) electrons. The van der Waals surface area contributed by atoms with Crippen molar-refractivity contribution in [1.29, 1.82) is 0 Å². The predicted octanol–water partition coefficient (Wildman–Crippen LogP) is 9.25. The van der Waals surface area contributed by atoms with E-state index in [9.17, 15) is 4.79 Å². The molecule has 0 bridgehead atoms. The predicted molar refractivity (Wildman–Crippen MR) is 171 cm³/mol. The summed E-state index contributed by atoms with van der Waals surface area (Å²) in [6, 6.07) is 9.99. The quantitative estimate of drug-likeness (QED) is 0.209. The first-order valence-corrected chi connectivity index (χ1v) is 16.2. The Morgan fingerprint density at radius 1 is 1.02 bits per heavy atom. The minimum Gasteiger partial charge on any atom is -0.493 e. The van der Waals surface area contributed by atoms with Gasteiger partial charge in [0.1, 0.15) is 6.61 Å². The lowest BCUT2D eigenvalue weighted by atomic mass is 9.94. The number of nitrogens with zero attached hydrogens (tertiary/aromatic N) is 2. The fourth-order valence-electron chi connectivity index (χ4n) is 5.93. The zero-order valence-corrected chi connectivity index (χ0v) is 26.0. The van der Waals surface area contributed by atoms with Crippen LogP contribution in [0, 0.1) is 0 Å². The number of hydrogen-bond donors (Lipinski definition) is 0. The summed E-state index contributed by atoms with van der Waals surface area (Å²) in [5, 5.41) is 1.88. The van der Waals surface area contributed by atoms with Gasteiger partial charge in [-0.05, 0) is 85.3 Å². The molecule has 0 aromatic heterocycles. The van der Waals surface area contributed by atoms with E-state index in [1.807, 2.05) is 29.2 Å². The van der Waals surface area contributed by atoms with Gasteiger partial charge in [0, 0.05) is 11.6 Å². The number of benzene rings is 2. The van der Waals surface area contributed by atoms with Crippen LogP contribution in [0.2, 0.25) is 10.0 Å². The maximum atomic E-state index is 13.9. The number of thioether (sulfide) groups is 1. The Morgan fingerprint density at radius 3 is 2.44 bits per heavy atom. The number of allylic oxidation sites excluding steroid dienone is 1. The van der Waals surface area contributed by atoms with Gasteiger partial charge in [0.05, 0.1) is 28.1 Å². The molecule has 1 aliphatic heterocycles. The maximum Gasteiger partial charge on any atom is 0.266 e. The van der Waals surface area contributed by atoms with Crippen molar-refractivity contribution in [3.8, 4) is 11.5 Å². The van der Waals surface area contributed by atoms with Crippen LogP contribution in [0.3, 0.4) is 0 Å². The normalized spacial score (nSPS) is 20.7. The molecule has 0 N–H and O–H groups in total. The van der Waals surface area contributed by atoms with E-state index in [-0.39, 0.29) is 11.9 Å². The molecule has 2 aliphatic carbocycles. The van der Waals surface area contributed by atoms with Gasteiger partial charge in [0.25, 0.3) is 5.91 Å². The summed E-state index contributed by atoms with van der Waals surface area (Å²) in [4.78, 5) is 21.8. The molecule has 1 heterocycles. The second kappa shape index (κ2) is 14.2. The smallest absolute Gasteiger partial charge is 0.266 e. The lowest BCUT2D eigenvalue weighted by molar-refractivity contribution is -0.124. The summed E-state index contributed by atoms with van der Waals surface area (Å²) >= 11 is 13.8. The Labute approximate surface area is 258 Å². The van der Waals surface area contributed by atoms with Gasteiger partial charge < -0.3 is 9.47 Å². The first-order chi connectivity index (χ1) is 20.0. The van der Waals surface area contributed by atoms with Crippen LogP contribution < -0.4 is 9.47 Å². The summed E-state index contributed by atoms with van der Waals surface area (Å²) in [6.45, 7) is 4.25. The first kappa shape index (κ1) is 30.1. The van der Waals surface area contributed by atoms with Gasteiger partial charge in [0.15, 0.2) is 16.7 Å². The van der Waals surface area contributed by atoms with Crippen molar-refractivity contribution in [3.63, 3.8) is 0 Å².